The Morgan fingerprint density at radius 2 is 2.16 bits per heavy atom. The highest BCUT2D eigenvalue weighted by atomic mass is 32.1. The summed E-state index contributed by atoms with van der Waals surface area (Å²) >= 11 is 1.29. The summed E-state index contributed by atoms with van der Waals surface area (Å²) in [6, 6.07) is 2.69. The molecule has 0 spiro atoms. The smallest absolute Gasteiger partial charge is 0.328 e. The lowest BCUT2D eigenvalue weighted by Crippen LogP contribution is -2.44. The van der Waals surface area contributed by atoms with Gasteiger partial charge in [0.1, 0.15) is 6.04 Å². The first-order valence-corrected chi connectivity index (χ1v) is 6.70. The molecule has 0 radical (unpaired) electrons. The number of carbonyl (C=O) groups excluding carboxylic acids is 3. The van der Waals surface area contributed by atoms with Crippen molar-refractivity contribution >= 4 is 29.1 Å². The number of nitrogens with one attached hydrogen (secondary N) is 2. The maximum absolute atomic E-state index is 11.6. The first-order chi connectivity index (χ1) is 9.04. The Morgan fingerprint density at radius 3 is 2.74 bits per heavy atom. The highest BCUT2D eigenvalue weighted by Crippen LogP contribution is 2.07. The van der Waals surface area contributed by atoms with Crippen LogP contribution in [-0.2, 0) is 14.3 Å². The molecule has 0 saturated heterocycles. The molecule has 2 amide bonds. The Morgan fingerprint density at radius 1 is 1.42 bits per heavy atom. The van der Waals surface area contributed by atoms with E-state index < -0.39 is 17.9 Å². The van der Waals surface area contributed by atoms with Gasteiger partial charge in [0.15, 0.2) is 0 Å². The number of carbonyl (C=O) groups is 3. The van der Waals surface area contributed by atoms with E-state index in [0.717, 1.165) is 0 Å². The number of amides is 2. The minimum absolute atomic E-state index is 0.180. The number of hydrogen-bond acceptors (Lipinski definition) is 5. The molecule has 1 atom stereocenters. The van der Waals surface area contributed by atoms with Crippen molar-refractivity contribution in [2.24, 2.45) is 0 Å². The molecule has 1 unspecified atom stereocenters. The molecule has 0 aliphatic carbocycles. The van der Waals surface area contributed by atoms with E-state index in [1.165, 1.54) is 18.3 Å². The van der Waals surface area contributed by atoms with Gasteiger partial charge in [-0.3, -0.25) is 9.59 Å². The van der Waals surface area contributed by atoms with E-state index in [4.69, 9.17) is 4.74 Å². The lowest BCUT2D eigenvalue weighted by atomic mass is 10.3. The van der Waals surface area contributed by atoms with Gasteiger partial charge in [-0.25, -0.2) is 4.79 Å². The summed E-state index contributed by atoms with van der Waals surface area (Å²) in [4.78, 5) is 34.9. The van der Waals surface area contributed by atoms with E-state index in [2.05, 4.69) is 10.6 Å². The van der Waals surface area contributed by atoms with Gasteiger partial charge in [0.25, 0.3) is 5.91 Å². The van der Waals surface area contributed by atoms with Crippen LogP contribution < -0.4 is 10.6 Å². The topological polar surface area (TPSA) is 84.5 Å². The molecular weight excluding hydrogens is 268 g/mol. The molecule has 1 aromatic heterocycles. The molecule has 0 saturated carbocycles. The summed E-state index contributed by atoms with van der Waals surface area (Å²) in [5, 5.41) is 6.68. The molecule has 7 heteroatoms. The highest BCUT2D eigenvalue weighted by molar-refractivity contribution is 7.12. The zero-order valence-electron chi connectivity index (χ0n) is 10.8. The standard InChI is InChI=1S/C12H16N2O4S/c1-3-18-12(17)8(2)14-10(15)7-13-11(16)9-5-4-6-19-9/h4-6,8H,3,7H2,1-2H3,(H,13,16)(H,14,15). The first kappa shape index (κ1) is 15.2. The van der Waals surface area contributed by atoms with E-state index >= 15 is 0 Å². The third-order valence-corrected chi connectivity index (χ3v) is 3.04. The first-order valence-electron chi connectivity index (χ1n) is 5.82. The lowest BCUT2D eigenvalue weighted by Gasteiger charge is -2.12. The fraction of sp³-hybridized carbons (Fsp3) is 0.417. The van der Waals surface area contributed by atoms with Crippen molar-refractivity contribution in [2.45, 2.75) is 19.9 Å². The Kier molecular flexibility index (Phi) is 6.01. The second-order valence-electron chi connectivity index (χ2n) is 3.70. The minimum atomic E-state index is -0.730. The molecule has 104 valence electrons. The van der Waals surface area contributed by atoms with Crippen LogP contribution >= 0.6 is 11.3 Å². The van der Waals surface area contributed by atoms with Crippen LogP contribution in [0.2, 0.25) is 0 Å². The van der Waals surface area contributed by atoms with Crippen molar-refractivity contribution in [1.29, 1.82) is 0 Å². The normalized spacial score (nSPS) is 11.5. The van der Waals surface area contributed by atoms with Gasteiger partial charge in [-0.15, -0.1) is 11.3 Å². The Bertz CT molecular complexity index is 445. The number of rotatable bonds is 6. The number of ether oxygens (including phenoxy) is 1. The second-order valence-corrected chi connectivity index (χ2v) is 4.65. The van der Waals surface area contributed by atoms with Crippen molar-refractivity contribution in [1.82, 2.24) is 10.6 Å². The third-order valence-electron chi connectivity index (χ3n) is 2.17. The molecule has 1 heterocycles. The summed E-state index contributed by atoms with van der Waals surface area (Å²) in [7, 11) is 0. The quantitative estimate of drug-likeness (QED) is 0.747. The van der Waals surface area contributed by atoms with E-state index in [1.807, 2.05) is 0 Å². The molecule has 0 bridgehead atoms. The largest absolute Gasteiger partial charge is 0.464 e. The Balaban J connectivity index is 2.32. The van der Waals surface area contributed by atoms with Gasteiger partial charge in [-0.1, -0.05) is 6.07 Å². The predicted octanol–water partition coefficient (Wildman–Crippen LogP) is 0.546. The fourth-order valence-corrected chi connectivity index (χ4v) is 1.91. The van der Waals surface area contributed by atoms with Crippen molar-refractivity contribution in [3.05, 3.63) is 22.4 Å². The Hall–Kier alpha value is -1.89. The van der Waals surface area contributed by atoms with Gasteiger partial charge >= 0.3 is 5.97 Å². The molecule has 6 nitrogen and oxygen atoms in total. The summed E-state index contributed by atoms with van der Waals surface area (Å²) in [6.07, 6.45) is 0. The number of esters is 1. The van der Waals surface area contributed by atoms with Gasteiger partial charge in [-0.2, -0.15) is 0 Å². The van der Waals surface area contributed by atoms with E-state index in [9.17, 15) is 14.4 Å². The zero-order valence-corrected chi connectivity index (χ0v) is 11.6. The van der Waals surface area contributed by atoms with Crippen molar-refractivity contribution in [2.75, 3.05) is 13.2 Å². The summed E-state index contributed by atoms with van der Waals surface area (Å²) in [5.74, 6) is -1.25. The SMILES string of the molecule is CCOC(=O)C(C)NC(=O)CNC(=O)c1cccs1. The maximum atomic E-state index is 11.6. The van der Waals surface area contributed by atoms with Crippen molar-refractivity contribution < 1.29 is 19.1 Å². The van der Waals surface area contributed by atoms with Crippen LogP contribution in [0.1, 0.15) is 23.5 Å². The third kappa shape index (κ3) is 5.09. The molecule has 1 rings (SSSR count). The van der Waals surface area contributed by atoms with Crippen LogP contribution in [0.3, 0.4) is 0 Å². The van der Waals surface area contributed by atoms with Gasteiger partial charge in [0.2, 0.25) is 5.91 Å². The summed E-state index contributed by atoms with van der Waals surface area (Å²) in [6.45, 7) is 3.29. The van der Waals surface area contributed by atoms with Gasteiger partial charge < -0.3 is 15.4 Å². The fourth-order valence-electron chi connectivity index (χ4n) is 1.27. The predicted molar refractivity (Wildman–Crippen MR) is 70.9 cm³/mol. The second kappa shape index (κ2) is 7.52. The summed E-state index contributed by atoms with van der Waals surface area (Å²) in [5.41, 5.74) is 0. The highest BCUT2D eigenvalue weighted by Gasteiger charge is 2.17. The van der Waals surface area contributed by atoms with Gasteiger partial charge in [-0.05, 0) is 25.3 Å². The monoisotopic (exact) mass is 284 g/mol. The van der Waals surface area contributed by atoms with Crippen molar-refractivity contribution in [3.8, 4) is 0 Å². The minimum Gasteiger partial charge on any atom is -0.464 e. The molecule has 19 heavy (non-hydrogen) atoms. The molecule has 0 aliphatic heterocycles. The van der Waals surface area contributed by atoms with Crippen LogP contribution in [0.4, 0.5) is 0 Å². The average molecular weight is 284 g/mol. The van der Waals surface area contributed by atoms with Crippen LogP contribution in [0.15, 0.2) is 17.5 Å². The molecule has 1 aromatic rings. The van der Waals surface area contributed by atoms with E-state index in [0.29, 0.717) is 4.88 Å². The summed E-state index contributed by atoms with van der Waals surface area (Å²) < 4.78 is 4.75. The molecule has 0 aliphatic rings. The van der Waals surface area contributed by atoms with Crippen LogP contribution in [-0.4, -0.2) is 37.0 Å². The maximum Gasteiger partial charge on any atom is 0.328 e. The Labute approximate surface area is 115 Å². The van der Waals surface area contributed by atoms with Gasteiger partial charge in [0, 0.05) is 0 Å². The average Bonchev–Trinajstić information content (AvgIpc) is 2.90. The number of hydrogen-bond donors (Lipinski definition) is 2. The van der Waals surface area contributed by atoms with Crippen LogP contribution in [0.25, 0.3) is 0 Å². The van der Waals surface area contributed by atoms with E-state index in [-0.39, 0.29) is 19.1 Å². The molecule has 2 N–H and O–H groups in total. The van der Waals surface area contributed by atoms with E-state index in [1.54, 1.807) is 24.4 Å². The zero-order chi connectivity index (χ0) is 14.3. The molecule has 0 aromatic carbocycles. The number of thiophene rings is 1. The molecule has 0 fully saturated rings. The molecular formula is C12H16N2O4S. The van der Waals surface area contributed by atoms with Crippen LogP contribution in [0, 0.1) is 0 Å². The van der Waals surface area contributed by atoms with Crippen molar-refractivity contribution in [3.63, 3.8) is 0 Å². The van der Waals surface area contributed by atoms with Crippen LogP contribution in [0.5, 0.6) is 0 Å². The van der Waals surface area contributed by atoms with Gasteiger partial charge in [0.05, 0.1) is 18.0 Å². The lowest BCUT2D eigenvalue weighted by molar-refractivity contribution is -0.146.